The molecule has 4 nitrogen and oxygen atoms in total. The second kappa shape index (κ2) is 4.93. The Morgan fingerprint density at radius 3 is 2.73 bits per heavy atom. The Bertz CT molecular complexity index is 346. The van der Waals surface area contributed by atoms with Crippen LogP contribution in [0.15, 0.2) is 23.0 Å². The highest BCUT2D eigenvalue weighted by atomic mass is 32.1. The van der Waals surface area contributed by atoms with Crippen LogP contribution >= 0.6 is 12.2 Å². The summed E-state index contributed by atoms with van der Waals surface area (Å²) in [7, 11) is 0. The van der Waals surface area contributed by atoms with Crippen LogP contribution in [0.1, 0.15) is 24.2 Å². The molecule has 1 aromatic rings. The van der Waals surface area contributed by atoms with E-state index in [0.717, 1.165) is 0 Å². The highest BCUT2D eigenvalue weighted by molar-refractivity contribution is 7.80. The molecule has 15 heavy (non-hydrogen) atoms. The monoisotopic (exact) mass is 226 g/mol. The van der Waals surface area contributed by atoms with Crippen molar-refractivity contribution in [2.75, 3.05) is 6.54 Å². The molecule has 0 aliphatic rings. The zero-order valence-electron chi connectivity index (χ0n) is 8.77. The number of hydrogen-bond acceptors (Lipinski definition) is 3. The van der Waals surface area contributed by atoms with Gasteiger partial charge in [-0.25, -0.2) is 0 Å². The van der Waals surface area contributed by atoms with Crippen molar-refractivity contribution in [3.05, 3.63) is 24.2 Å². The summed E-state index contributed by atoms with van der Waals surface area (Å²) in [5.41, 5.74) is 5.95. The van der Waals surface area contributed by atoms with Gasteiger partial charge in [0.25, 0.3) is 5.91 Å². The van der Waals surface area contributed by atoms with Crippen LogP contribution in [0.4, 0.5) is 0 Å². The molecule has 1 aromatic heterocycles. The smallest absolute Gasteiger partial charge is 0.257 e. The minimum absolute atomic E-state index is 0.0499. The molecule has 0 aliphatic carbocycles. The summed E-state index contributed by atoms with van der Waals surface area (Å²) in [6.07, 6.45) is 2.88. The molecule has 0 fully saturated rings. The number of carbonyl (C=O) groups excluding carboxylic acids is 1. The Labute approximate surface area is 94.0 Å². The van der Waals surface area contributed by atoms with E-state index in [1.807, 2.05) is 13.8 Å². The Morgan fingerprint density at radius 2 is 2.33 bits per heavy atom. The van der Waals surface area contributed by atoms with Crippen LogP contribution in [-0.4, -0.2) is 28.4 Å². The van der Waals surface area contributed by atoms with Gasteiger partial charge in [0.05, 0.1) is 23.4 Å². The number of nitrogens with zero attached hydrogens (tertiary/aromatic N) is 1. The van der Waals surface area contributed by atoms with E-state index in [-0.39, 0.29) is 18.5 Å². The average Bonchev–Trinajstić information content (AvgIpc) is 2.65. The molecule has 0 unspecified atom stereocenters. The van der Waals surface area contributed by atoms with Gasteiger partial charge in [0, 0.05) is 6.04 Å². The summed E-state index contributed by atoms with van der Waals surface area (Å²) >= 11 is 4.80. The molecule has 0 aromatic carbocycles. The molecule has 0 radical (unpaired) electrons. The molecule has 1 heterocycles. The zero-order valence-corrected chi connectivity index (χ0v) is 9.58. The maximum absolute atomic E-state index is 11.9. The van der Waals surface area contributed by atoms with Gasteiger partial charge in [-0.3, -0.25) is 4.79 Å². The molecule has 0 aliphatic heterocycles. The average molecular weight is 226 g/mol. The summed E-state index contributed by atoms with van der Waals surface area (Å²) < 4.78 is 4.86. The lowest BCUT2D eigenvalue weighted by molar-refractivity contribution is 0.0735. The lowest BCUT2D eigenvalue weighted by atomic mass is 10.2. The molecule has 0 atom stereocenters. The third-order valence-corrected chi connectivity index (χ3v) is 2.11. The first kappa shape index (κ1) is 11.7. The van der Waals surface area contributed by atoms with Crippen molar-refractivity contribution in [1.82, 2.24) is 4.90 Å². The van der Waals surface area contributed by atoms with Crippen LogP contribution in [0.25, 0.3) is 0 Å². The van der Waals surface area contributed by atoms with Gasteiger partial charge in [-0.1, -0.05) is 12.2 Å². The van der Waals surface area contributed by atoms with Crippen LogP contribution < -0.4 is 5.73 Å². The number of nitrogens with two attached hydrogens (primary N) is 1. The molecule has 1 amide bonds. The van der Waals surface area contributed by atoms with E-state index in [9.17, 15) is 4.79 Å². The van der Waals surface area contributed by atoms with Gasteiger partial charge in [-0.2, -0.15) is 0 Å². The van der Waals surface area contributed by atoms with Gasteiger partial charge in [-0.15, -0.1) is 0 Å². The Morgan fingerprint density at radius 1 is 1.67 bits per heavy atom. The lowest BCUT2D eigenvalue weighted by Gasteiger charge is -2.25. The Kier molecular flexibility index (Phi) is 3.85. The van der Waals surface area contributed by atoms with Crippen LogP contribution in [0, 0.1) is 0 Å². The van der Waals surface area contributed by atoms with Gasteiger partial charge in [0.15, 0.2) is 0 Å². The van der Waals surface area contributed by atoms with Gasteiger partial charge in [0.2, 0.25) is 0 Å². The van der Waals surface area contributed by atoms with Gasteiger partial charge in [0.1, 0.15) is 6.26 Å². The third kappa shape index (κ3) is 3.06. The molecular formula is C10H14N2O2S. The fraction of sp³-hybridized carbons (Fsp3) is 0.400. The first-order valence-electron chi connectivity index (χ1n) is 4.64. The largest absolute Gasteiger partial charge is 0.472 e. The van der Waals surface area contributed by atoms with Crippen molar-refractivity contribution in [1.29, 1.82) is 0 Å². The summed E-state index contributed by atoms with van der Waals surface area (Å²) in [5.74, 6) is -0.119. The number of carbonyl (C=O) groups is 1. The number of amides is 1. The molecule has 0 saturated carbocycles. The second-order valence-corrected chi connectivity index (χ2v) is 4.03. The van der Waals surface area contributed by atoms with E-state index in [2.05, 4.69) is 0 Å². The summed E-state index contributed by atoms with van der Waals surface area (Å²) in [5, 5.41) is 0. The quantitative estimate of drug-likeness (QED) is 0.789. The van der Waals surface area contributed by atoms with Crippen LogP contribution in [0.5, 0.6) is 0 Å². The number of rotatable bonds is 4. The maximum Gasteiger partial charge on any atom is 0.257 e. The van der Waals surface area contributed by atoms with E-state index in [0.29, 0.717) is 10.6 Å². The predicted molar refractivity (Wildman–Crippen MR) is 61.7 cm³/mol. The van der Waals surface area contributed by atoms with Crippen LogP contribution in [-0.2, 0) is 0 Å². The fourth-order valence-corrected chi connectivity index (χ4v) is 1.35. The van der Waals surface area contributed by atoms with E-state index < -0.39 is 0 Å². The summed E-state index contributed by atoms with van der Waals surface area (Å²) in [6.45, 7) is 4.11. The lowest BCUT2D eigenvalue weighted by Crippen LogP contribution is -2.42. The van der Waals surface area contributed by atoms with E-state index >= 15 is 0 Å². The van der Waals surface area contributed by atoms with Crippen molar-refractivity contribution < 1.29 is 9.21 Å². The van der Waals surface area contributed by atoms with Crippen molar-refractivity contribution in [2.45, 2.75) is 19.9 Å². The highest BCUT2D eigenvalue weighted by Gasteiger charge is 2.19. The molecule has 1 rings (SSSR count). The summed E-state index contributed by atoms with van der Waals surface area (Å²) in [6, 6.07) is 1.67. The van der Waals surface area contributed by atoms with Crippen molar-refractivity contribution in [3.63, 3.8) is 0 Å². The van der Waals surface area contributed by atoms with Crippen LogP contribution in [0.2, 0.25) is 0 Å². The minimum Gasteiger partial charge on any atom is -0.472 e. The molecular weight excluding hydrogens is 212 g/mol. The first-order chi connectivity index (χ1) is 7.02. The van der Waals surface area contributed by atoms with Gasteiger partial charge in [-0.05, 0) is 19.9 Å². The fourth-order valence-electron chi connectivity index (χ4n) is 1.21. The molecule has 0 spiro atoms. The van der Waals surface area contributed by atoms with E-state index in [4.69, 9.17) is 22.4 Å². The zero-order chi connectivity index (χ0) is 11.4. The van der Waals surface area contributed by atoms with Crippen molar-refractivity contribution in [3.8, 4) is 0 Å². The number of hydrogen-bond donors (Lipinski definition) is 1. The highest BCUT2D eigenvalue weighted by Crippen LogP contribution is 2.08. The van der Waals surface area contributed by atoms with Crippen molar-refractivity contribution >= 4 is 23.1 Å². The van der Waals surface area contributed by atoms with E-state index in [1.165, 1.54) is 12.5 Å². The van der Waals surface area contributed by atoms with Crippen molar-refractivity contribution in [2.24, 2.45) is 5.73 Å². The molecule has 0 bridgehead atoms. The first-order valence-corrected chi connectivity index (χ1v) is 5.04. The Balaban J connectivity index is 2.81. The normalized spacial score (nSPS) is 10.3. The predicted octanol–water partition coefficient (Wildman–Crippen LogP) is 1.42. The standard InChI is InChI=1S/C10H14N2O2S/c1-7(2)12(5-9(11)15)10(13)8-3-4-14-6-8/h3-4,6-7H,5H2,1-2H3,(H2,11,15). The number of thiocarbonyl (C=S) groups is 1. The SMILES string of the molecule is CC(C)N(CC(N)=S)C(=O)c1ccoc1. The molecule has 82 valence electrons. The molecule has 5 heteroatoms. The van der Waals surface area contributed by atoms with Gasteiger partial charge >= 0.3 is 0 Å². The molecule has 2 N–H and O–H groups in total. The number of furan rings is 1. The van der Waals surface area contributed by atoms with Gasteiger partial charge < -0.3 is 15.1 Å². The maximum atomic E-state index is 11.9. The molecule has 0 saturated heterocycles. The minimum atomic E-state index is -0.119. The summed E-state index contributed by atoms with van der Waals surface area (Å²) in [4.78, 5) is 13.8. The van der Waals surface area contributed by atoms with E-state index in [1.54, 1.807) is 11.0 Å². The second-order valence-electron chi connectivity index (χ2n) is 3.51. The topological polar surface area (TPSA) is 59.5 Å². The Hall–Kier alpha value is -1.36. The van der Waals surface area contributed by atoms with Crippen LogP contribution in [0.3, 0.4) is 0 Å². The third-order valence-electron chi connectivity index (χ3n) is 1.98.